The fourth-order valence-corrected chi connectivity index (χ4v) is 4.07. The van der Waals surface area contributed by atoms with Crippen LogP contribution in [0, 0.1) is 17.3 Å². The van der Waals surface area contributed by atoms with Crippen molar-refractivity contribution in [3.05, 3.63) is 59.5 Å². The Hall–Kier alpha value is -2.57. The van der Waals surface area contributed by atoms with Crippen LogP contribution in [0.3, 0.4) is 0 Å². The molecule has 0 saturated heterocycles. The van der Waals surface area contributed by atoms with E-state index < -0.39 is 35.6 Å². The fourth-order valence-electron chi connectivity index (χ4n) is 4.07. The standard InChI is InChI=1S/C28H39NO5/c1-18-10-9-11-19(2)26(32)21(4)27(33)28(5,6)24(30)17-25(31)34-23(14-13-18)20(3)16-22-12-7-8-15-29-22/h7-9,11-13,15-16,19,21,23-24,26,30,32H,10,14,17H2,1-6H3/b11-9+,18-13-,20-16+/t19-,21+,23-,24-,26-/m0/s1. The first-order valence-electron chi connectivity index (χ1n) is 11.9. The van der Waals surface area contributed by atoms with E-state index in [0.717, 1.165) is 16.8 Å². The number of hydrogen-bond donors (Lipinski definition) is 2. The predicted molar refractivity (Wildman–Crippen MR) is 134 cm³/mol. The zero-order valence-electron chi connectivity index (χ0n) is 21.2. The molecule has 5 atom stereocenters. The van der Waals surface area contributed by atoms with Gasteiger partial charge in [-0.15, -0.1) is 0 Å². The molecule has 2 N–H and O–H groups in total. The number of aliphatic hydroxyl groups excluding tert-OH is 2. The number of aliphatic hydroxyl groups is 2. The van der Waals surface area contributed by atoms with E-state index in [4.69, 9.17) is 4.74 Å². The van der Waals surface area contributed by atoms with Gasteiger partial charge in [0.05, 0.1) is 29.7 Å². The normalized spacial score (nSPS) is 32.4. The van der Waals surface area contributed by atoms with Crippen molar-refractivity contribution >= 4 is 17.8 Å². The van der Waals surface area contributed by atoms with Crippen LogP contribution < -0.4 is 0 Å². The van der Waals surface area contributed by atoms with E-state index in [-0.39, 0.29) is 18.1 Å². The second-order valence-electron chi connectivity index (χ2n) is 9.98. The van der Waals surface area contributed by atoms with Gasteiger partial charge in [0, 0.05) is 24.5 Å². The molecule has 0 spiro atoms. The summed E-state index contributed by atoms with van der Waals surface area (Å²) in [4.78, 5) is 30.3. The van der Waals surface area contributed by atoms with E-state index in [1.54, 1.807) is 27.0 Å². The SMILES string of the molecule is C/C1=C/C[C@@H](/C(C)=C/c2ccccn2)OC(=O)C[C@H](O)C(C)(C)C(=O)[C@H](C)[C@@H](O)[C@@H](C)/C=C/C1. The number of allylic oxidation sites excluding steroid dienone is 2. The van der Waals surface area contributed by atoms with Crippen molar-refractivity contribution in [1.82, 2.24) is 4.98 Å². The van der Waals surface area contributed by atoms with E-state index in [1.165, 1.54) is 0 Å². The quantitative estimate of drug-likeness (QED) is 0.483. The maximum atomic E-state index is 13.1. The van der Waals surface area contributed by atoms with Crippen molar-refractivity contribution < 1.29 is 24.5 Å². The van der Waals surface area contributed by atoms with Gasteiger partial charge < -0.3 is 14.9 Å². The van der Waals surface area contributed by atoms with Gasteiger partial charge in [-0.25, -0.2) is 0 Å². The zero-order chi connectivity index (χ0) is 25.5. The Kier molecular flexibility index (Phi) is 9.95. The molecule has 0 aromatic carbocycles. The molecule has 0 bridgehead atoms. The maximum absolute atomic E-state index is 13.1. The largest absolute Gasteiger partial charge is 0.457 e. The van der Waals surface area contributed by atoms with Crippen LogP contribution in [-0.4, -0.2) is 45.3 Å². The van der Waals surface area contributed by atoms with Gasteiger partial charge >= 0.3 is 5.97 Å². The van der Waals surface area contributed by atoms with Crippen LogP contribution in [0.2, 0.25) is 0 Å². The Morgan fingerprint density at radius 1 is 1.21 bits per heavy atom. The minimum absolute atomic E-state index is 0.228. The number of rotatable bonds is 2. The van der Waals surface area contributed by atoms with Crippen molar-refractivity contribution in [2.75, 3.05) is 0 Å². The number of aromatic nitrogens is 1. The number of pyridine rings is 1. The number of cyclic esters (lactones) is 1. The Morgan fingerprint density at radius 2 is 1.91 bits per heavy atom. The van der Waals surface area contributed by atoms with Crippen molar-refractivity contribution in [2.24, 2.45) is 17.3 Å². The maximum Gasteiger partial charge on any atom is 0.309 e. The minimum Gasteiger partial charge on any atom is -0.457 e. The number of carbonyl (C=O) groups excluding carboxylic acids is 2. The van der Waals surface area contributed by atoms with E-state index in [0.29, 0.717) is 12.8 Å². The fraction of sp³-hybridized carbons (Fsp3) is 0.536. The molecule has 0 amide bonds. The lowest BCUT2D eigenvalue weighted by atomic mass is 9.73. The molecule has 0 fully saturated rings. The van der Waals surface area contributed by atoms with E-state index in [9.17, 15) is 19.8 Å². The summed E-state index contributed by atoms with van der Waals surface area (Å²) in [6, 6.07) is 5.60. The Bertz CT molecular complexity index is 931. The van der Waals surface area contributed by atoms with Crippen molar-refractivity contribution in [2.45, 2.75) is 79.1 Å². The summed E-state index contributed by atoms with van der Waals surface area (Å²) >= 11 is 0. The molecule has 6 heteroatoms. The summed E-state index contributed by atoms with van der Waals surface area (Å²) in [5.41, 5.74) is 1.48. The number of ketones is 1. The summed E-state index contributed by atoms with van der Waals surface area (Å²) in [6.07, 6.45) is 7.74. The second kappa shape index (κ2) is 12.2. The van der Waals surface area contributed by atoms with E-state index in [2.05, 4.69) is 4.98 Å². The molecule has 2 rings (SSSR count). The Labute approximate surface area is 203 Å². The van der Waals surface area contributed by atoms with Gasteiger partial charge in [-0.2, -0.15) is 0 Å². The molecule has 1 aliphatic rings. The molecule has 0 aliphatic carbocycles. The highest BCUT2D eigenvalue weighted by Crippen LogP contribution is 2.31. The van der Waals surface area contributed by atoms with Crippen LogP contribution in [0.1, 0.15) is 66.5 Å². The molecule has 0 radical (unpaired) electrons. The molecule has 0 saturated carbocycles. The first-order valence-corrected chi connectivity index (χ1v) is 11.9. The monoisotopic (exact) mass is 469 g/mol. The van der Waals surface area contributed by atoms with Crippen molar-refractivity contribution in [3.63, 3.8) is 0 Å². The zero-order valence-corrected chi connectivity index (χ0v) is 21.2. The third-order valence-corrected chi connectivity index (χ3v) is 6.70. The lowest BCUT2D eigenvalue weighted by molar-refractivity contribution is -0.154. The lowest BCUT2D eigenvalue weighted by Gasteiger charge is -2.34. The summed E-state index contributed by atoms with van der Waals surface area (Å²) in [7, 11) is 0. The van der Waals surface area contributed by atoms with Gasteiger partial charge in [-0.05, 0) is 44.1 Å². The van der Waals surface area contributed by atoms with Gasteiger partial charge in [0.25, 0.3) is 0 Å². The summed E-state index contributed by atoms with van der Waals surface area (Å²) in [5, 5.41) is 21.5. The second-order valence-corrected chi connectivity index (χ2v) is 9.98. The number of carbonyl (C=O) groups is 2. The van der Waals surface area contributed by atoms with E-state index in [1.807, 2.05) is 63.3 Å². The van der Waals surface area contributed by atoms with Crippen LogP contribution in [-0.2, 0) is 14.3 Å². The highest BCUT2D eigenvalue weighted by Gasteiger charge is 2.42. The predicted octanol–water partition coefficient (Wildman–Crippen LogP) is 4.67. The highest BCUT2D eigenvalue weighted by atomic mass is 16.5. The number of nitrogens with zero attached hydrogens (tertiary/aromatic N) is 1. The van der Waals surface area contributed by atoms with Gasteiger partial charge in [-0.1, -0.05) is 57.6 Å². The van der Waals surface area contributed by atoms with Gasteiger partial charge in [-0.3, -0.25) is 14.6 Å². The molecule has 1 aromatic rings. The lowest BCUT2D eigenvalue weighted by Crippen LogP contribution is -2.45. The first kappa shape index (κ1) is 27.7. The van der Waals surface area contributed by atoms with Crippen LogP contribution >= 0.6 is 0 Å². The number of esters is 1. The molecule has 186 valence electrons. The number of hydrogen-bond acceptors (Lipinski definition) is 6. The highest BCUT2D eigenvalue weighted by molar-refractivity contribution is 5.88. The smallest absolute Gasteiger partial charge is 0.309 e. The minimum atomic E-state index is -1.24. The third kappa shape index (κ3) is 7.47. The van der Waals surface area contributed by atoms with Gasteiger partial charge in [0.15, 0.2) is 0 Å². The van der Waals surface area contributed by atoms with Crippen LogP contribution in [0.15, 0.2) is 53.8 Å². The third-order valence-electron chi connectivity index (χ3n) is 6.70. The van der Waals surface area contributed by atoms with Crippen molar-refractivity contribution in [1.29, 1.82) is 0 Å². The summed E-state index contributed by atoms with van der Waals surface area (Å²) in [5.74, 6) is -1.78. The topological polar surface area (TPSA) is 96.7 Å². The molecular formula is C28H39NO5. The average molecular weight is 470 g/mol. The molecule has 1 aromatic heterocycles. The Balaban J connectivity index is 2.38. The van der Waals surface area contributed by atoms with E-state index >= 15 is 0 Å². The molecule has 34 heavy (non-hydrogen) atoms. The van der Waals surface area contributed by atoms with Crippen LogP contribution in [0.25, 0.3) is 6.08 Å². The number of Topliss-reactive ketones (excluding diaryl/α,β-unsaturated/α-hetero) is 1. The molecular weight excluding hydrogens is 430 g/mol. The summed E-state index contributed by atoms with van der Waals surface area (Å²) < 4.78 is 5.78. The Morgan fingerprint density at radius 3 is 2.56 bits per heavy atom. The molecule has 6 nitrogen and oxygen atoms in total. The molecule has 2 heterocycles. The number of ether oxygens (including phenoxy) is 1. The average Bonchev–Trinajstić information content (AvgIpc) is 2.79. The van der Waals surface area contributed by atoms with Crippen molar-refractivity contribution in [3.8, 4) is 0 Å². The van der Waals surface area contributed by atoms with Crippen LogP contribution in [0.4, 0.5) is 0 Å². The molecule has 0 unspecified atom stereocenters. The molecule has 1 aliphatic heterocycles. The van der Waals surface area contributed by atoms with Gasteiger partial charge in [0.2, 0.25) is 0 Å². The summed E-state index contributed by atoms with van der Waals surface area (Å²) in [6.45, 7) is 10.6. The van der Waals surface area contributed by atoms with Crippen LogP contribution in [0.5, 0.6) is 0 Å². The first-order chi connectivity index (χ1) is 15.9. The van der Waals surface area contributed by atoms with Gasteiger partial charge in [0.1, 0.15) is 11.9 Å².